The highest BCUT2D eigenvalue weighted by Gasteiger charge is 2.25. The topological polar surface area (TPSA) is 64.3 Å². The molecule has 0 bridgehead atoms. The number of hydrogen-bond acceptors (Lipinski definition) is 3. The smallest absolute Gasteiger partial charge is 0.387 e. The minimum absolute atomic E-state index is 0.0871. The van der Waals surface area contributed by atoms with Crippen molar-refractivity contribution >= 4 is 5.91 Å². The Morgan fingerprint density at radius 3 is 2.70 bits per heavy atom. The summed E-state index contributed by atoms with van der Waals surface area (Å²) in [6.07, 6.45) is 3.73. The van der Waals surface area contributed by atoms with Gasteiger partial charge >= 0.3 is 6.61 Å². The maximum Gasteiger partial charge on any atom is 0.387 e. The Morgan fingerprint density at radius 2 is 2.00 bits per heavy atom. The zero-order valence-corrected chi connectivity index (χ0v) is 11.0. The number of nitrogens with one attached hydrogen (secondary N) is 1. The van der Waals surface area contributed by atoms with Crippen molar-refractivity contribution in [2.75, 3.05) is 0 Å². The lowest BCUT2D eigenvalue weighted by molar-refractivity contribution is -0.0501. The molecule has 4 nitrogen and oxygen atoms in total. The molecular weight excluding hydrogens is 266 g/mol. The molecule has 0 spiro atoms. The van der Waals surface area contributed by atoms with Crippen molar-refractivity contribution in [1.29, 1.82) is 0 Å². The van der Waals surface area contributed by atoms with Crippen LogP contribution in [0.25, 0.3) is 0 Å². The Hall–Kier alpha value is -1.69. The minimum atomic E-state index is -2.96. The molecule has 0 aromatic heterocycles. The number of rotatable bonds is 4. The lowest BCUT2D eigenvalue weighted by atomic mass is 9.91. The molecular formula is C14H18F2N2O2. The number of benzene rings is 1. The highest BCUT2D eigenvalue weighted by Crippen LogP contribution is 2.22. The summed E-state index contributed by atoms with van der Waals surface area (Å²) in [4.78, 5) is 12.2. The van der Waals surface area contributed by atoms with Crippen molar-refractivity contribution < 1.29 is 18.3 Å². The van der Waals surface area contributed by atoms with E-state index in [1.807, 2.05) is 0 Å². The van der Waals surface area contributed by atoms with E-state index in [-0.39, 0.29) is 23.4 Å². The van der Waals surface area contributed by atoms with Crippen LogP contribution in [0, 0.1) is 0 Å². The summed E-state index contributed by atoms with van der Waals surface area (Å²) in [6.45, 7) is -2.96. The van der Waals surface area contributed by atoms with E-state index in [4.69, 9.17) is 5.73 Å². The lowest BCUT2D eigenvalue weighted by Gasteiger charge is -2.29. The first-order valence-corrected chi connectivity index (χ1v) is 6.68. The SMILES string of the molecule is N[C@@H]1CCCC[C@H]1NC(=O)c1ccccc1OC(F)F. The number of carbonyl (C=O) groups excluding carboxylic acids is 1. The third kappa shape index (κ3) is 3.66. The molecule has 1 aromatic rings. The van der Waals surface area contributed by atoms with Crippen LogP contribution in [-0.2, 0) is 0 Å². The number of hydrogen-bond donors (Lipinski definition) is 2. The van der Waals surface area contributed by atoms with E-state index >= 15 is 0 Å². The van der Waals surface area contributed by atoms with Crippen LogP contribution in [-0.4, -0.2) is 24.6 Å². The molecule has 1 fully saturated rings. The van der Waals surface area contributed by atoms with Gasteiger partial charge in [-0.2, -0.15) is 8.78 Å². The van der Waals surface area contributed by atoms with E-state index in [0.29, 0.717) is 0 Å². The predicted molar refractivity (Wildman–Crippen MR) is 70.8 cm³/mol. The molecule has 2 atom stereocenters. The molecule has 110 valence electrons. The normalized spacial score (nSPS) is 22.6. The Morgan fingerprint density at radius 1 is 1.30 bits per heavy atom. The monoisotopic (exact) mass is 284 g/mol. The summed E-state index contributed by atoms with van der Waals surface area (Å²) in [5, 5.41) is 2.81. The van der Waals surface area contributed by atoms with Gasteiger partial charge in [-0.05, 0) is 25.0 Å². The molecule has 1 saturated carbocycles. The van der Waals surface area contributed by atoms with Crippen LogP contribution in [0.4, 0.5) is 8.78 Å². The highest BCUT2D eigenvalue weighted by atomic mass is 19.3. The second kappa shape index (κ2) is 6.65. The van der Waals surface area contributed by atoms with Gasteiger partial charge in [-0.15, -0.1) is 0 Å². The van der Waals surface area contributed by atoms with Crippen molar-refractivity contribution in [2.24, 2.45) is 5.73 Å². The fraction of sp³-hybridized carbons (Fsp3) is 0.500. The molecule has 1 amide bonds. The number of halogens is 2. The fourth-order valence-corrected chi connectivity index (χ4v) is 2.44. The van der Waals surface area contributed by atoms with Crippen LogP contribution in [0.5, 0.6) is 5.75 Å². The average molecular weight is 284 g/mol. The Balaban J connectivity index is 2.08. The lowest BCUT2D eigenvalue weighted by Crippen LogP contribution is -2.49. The maximum atomic E-state index is 12.3. The predicted octanol–water partition coefficient (Wildman–Crippen LogP) is 2.29. The van der Waals surface area contributed by atoms with E-state index in [0.717, 1.165) is 25.7 Å². The van der Waals surface area contributed by atoms with Gasteiger partial charge in [-0.1, -0.05) is 25.0 Å². The van der Waals surface area contributed by atoms with Crippen LogP contribution in [0.15, 0.2) is 24.3 Å². The molecule has 1 aliphatic rings. The maximum absolute atomic E-state index is 12.3. The second-order valence-corrected chi connectivity index (χ2v) is 4.90. The van der Waals surface area contributed by atoms with Gasteiger partial charge in [0, 0.05) is 12.1 Å². The first kappa shape index (κ1) is 14.7. The molecule has 0 radical (unpaired) electrons. The van der Waals surface area contributed by atoms with Crippen molar-refractivity contribution in [3.05, 3.63) is 29.8 Å². The summed E-state index contributed by atoms with van der Waals surface area (Å²) >= 11 is 0. The standard InChI is InChI=1S/C14H18F2N2O2/c15-14(16)20-12-8-4-1-5-9(12)13(19)18-11-7-3-2-6-10(11)17/h1,4-5,8,10-11,14H,2-3,6-7,17H2,(H,18,19)/t10-,11-/m1/s1. The Labute approximate surface area is 116 Å². The van der Waals surface area contributed by atoms with E-state index in [1.54, 1.807) is 12.1 Å². The molecule has 2 rings (SSSR count). The molecule has 1 aliphatic carbocycles. The number of para-hydroxylation sites is 1. The zero-order valence-electron chi connectivity index (χ0n) is 11.0. The van der Waals surface area contributed by atoms with Crippen molar-refractivity contribution in [2.45, 2.75) is 44.4 Å². The third-order valence-corrected chi connectivity index (χ3v) is 3.48. The van der Waals surface area contributed by atoms with Crippen LogP contribution < -0.4 is 15.8 Å². The largest absolute Gasteiger partial charge is 0.434 e. The van der Waals surface area contributed by atoms with Crippen LogP contribution in [0.3, 0.4) is 0 Å². The van der Waals surface area contributed by atoms with E-state index in [1.165, 1.54) is 12.1 Å². The number of ether oxygens (including phenoxy) is 1. The first-order valence-electron chi connectivity index (χ1n) is 6.68. The zero-order chi connectivity index (χ0) is 14.5. The third-order valence-electron chi connectivity index (χ3n) is 3.48. The Kier molecular flexibility index (Phi) is 4.89. The number of amides is 1. The molecule has 0 saturated heterocycles. The summed E-state index contributed by atoms with van der Waals surface area (Å²) < 4.78 is 29.0. The van der Waals surface area contributed by atoms with Gasteiger partial charge in [0.2, 0.25) is 0 Å². The van der Waals surface area contributed by atoms with Gasteiger partial charge in [-0.25, -0.2) is 0 Å². The minimum Gasteiger partial charge on any atom is -0.434 e. The number of carbonyl (C=O) groups is 1. The summed E-state index contributed by atoms with van der Waals surface area (Å²) in [7, 11) is 0. The molecule has 0 unspecified atom stereocenters. The highest BCUT2D eigenvalue weighted by molar-refractivity contribution is 5.97. The number of nitrogens with two attached hydrogens (primary N) is 1. The van der Waals surface area contributed by atoms with E-state index in [2.05, 4.69) is 10.1 Å². The van der Waals surface area contributed by atoms with Gasteiger partial charge in [0.1, 0.15) is 5.75 Å². The molecule has 6 heteroatoms. The van der Waals surface area contributed by atoms with Crippen LogP contribution in [0.1, 0.15) is 36.0 Å². The first-order chi connectivity index (χ1) is 9.58. The summed E-state index contributed by atoms with van der Waals surface area (Å²) in [5.74, 6) is -0.548. The quantitative estimate of drug-likeness (QED) is 0.891. The molecule has 0 heterocycles. The van der Waals surface area contributed by atoms with Crippen LogP contribution >= 0.6 is 0 Å². The van der Waals surface area contributed by atoms with E-state index < -0.39 is 12.5 Å². The fourth-order valence-electron chi connectivity index (χ4n) is 2.44. The number of alkyl halides is 2. The van der Waals surface area contributed by atoms with Crippen molar-refractivity contribution in [3.63, 3.8) is 0 Å². The second-order valence-electron chi connectivity index (χ2n) is 4.90. The van der Waals surface area contributed by atoms with Crippen LogP contribution in [0.2, 0.25) is 0 Å². The van der Waals surface area contributed by atoms with Gasteiger partial charge in [0.15, 0.2) is 0 Å². The summed E-state index contributed by atoms with van der Waals surface area (Å²) in [5.41, 5.74) is 6.06. The molecule has 1 aromatic carbocycles. The van der Waals surface area contributed by atoms with Crippen molar-refractivity contribution in [3.8, 4) is 5.75 Å². The van der Waals surface area contributed by atoms with Gasteiger partial charge in [0.25, 0.3) is 5.91 Å². The average Bonchev–Trinajstić information content (AvgIpc) is 2.41. The van der Waals surface area contributed by atoms with Gasteiger partial charge in [-0.3, -0.25) is 4.79 Å². The molecule has 20 heavy (non-hydrogen) atoms. The molecule has 3 N–H and O–H groups in total. The Bertz CT molecular complexity index is 468. The van der Waals surface area contributed by atoms with E-state index in [9.17, 15) is 13.6 Å². The summed E-state index contributed by atoms with van der Waals surface area (Å²) in [6, 6.07) is 5.75. The van der Waals surface area contributed by atoms with Crippen molar-refractivity contribution in [1.82, 2.24) is 5.32 Å². The van der Waals surface area contributed by atoms with Gasteiger partial charge in [0.05, 0.1) is 5.56 Å². The molecule has 0 aliphatic heterocycles. The van der Waals surface area contributed by atoms with Gasteiger partial charge < -0.3 is 15.8 Å².